The van der Waals surface area contributed by atoms with Crippen molar-refractivity contribution in [3.63, 3.8) is 0 Å². The van der Waals surface area contributed by atoms with Crippen LogP contribution in [0.4, 0.5) is 0 Å². The lowest BCUT2D eigenvalue weighted by atomic mass is 10.2. The van der Waals surface area contributed by atoms with Crippen molar-refractivity contribution in [2.75, 3.05) is 0 Å². The fraction of sp³-hybridized carbons (Fsp3) is 0.0800. The van der Waals surface area contributed by atoms with Gasteiger partial charge in [-0.3, -0.25) is 14.2 Å². The molecule has 0 saturated carbocycles. The molecule has 0 radical (unpaired) electrons. The number of carbonyl (C=O) groups excluding carboxylic acids is 1. The molecule has 2 aromatic heterocycles. The van der Waals surface area contributed by atoms with E-state index < -0.39 is 0 Å². The van der Waals surface area contributed by atoms with Gasteiger partial charge < -0.3 is 10.1 Å². The van der Waals surface area contributed by atoms with Gasteiger partial charge in [-0.2, -0.15) is 0 Å². The van der Waals surface area contributed by atoms with Gasteiger partial charge in [-0.1, -0.05) is 60.7 Å². The van der Waals surface area contributed by atoms with Gasteiger partial charge in [0, 0.05) is 30.6 Å². The summed E-state index contributed by atoms with van der Waals surface area (Å²) in [4.78, 5) is 29.3. The number of nitrogens with zero attached hydrogens (tertiary/aromatic N) is 2. The highest BCUT2D eigenvalue weighted by atomic mass is 16.5. The summed E-state index contributed by atoms with van der Waals surface area (Å²) in [5.74, 6) is 0.609. The Hall–Kier alpha value is -4.19. The van der Waals surface area contributed by atoms with E-state index in [-0.39, 0.29) is 11.5 Å². The van der Waals surface area contributed by atoms with E-state index in [9.17, 15) is 9.59 Å². The van der Waals surface area contributed by atoms with Crippen molar-refractivity contribution in [2.45, 2.75) is 13.2 Å². The van der Waals surface area contributed by atoms with Crippen LogP contribution in [0.2, 0.25) is 0 Å². The quantitative estimate of drug-likeness (QED) is 0.503. The number of ether oxygens (including phenoxy) is 1. The molecule has 0 aliphatic rings. The third-order valence-electron chi connectivity index (χ3n) is 4.69. The Morgan fingerprint density at radius 1 is 0.903 bits per heavy atom. The minimum atomic E-state index is -0.292. The molecule has 0 saturated heterocycles. The van der Waals surface area contributed by atoms with E-state index in [1.807, 2.05) is 60.7 Å². The Kier molecular flexibility index (Phi) is 6.18. The van der Waals surface area contributed by atoms with Crippen LogP contribution in [0, 0.1) is 0 Å². The highest BCUT2D eigenvalue weighted by Gasteiger charge is 2.09. The molecule has 0 spiro atoms. The monoisotopic (exact) mass is 411 g/mol. The number of amides is 1. The summed E-state index contributed by atoms with van der Waals surface area (Å²) in [6.07, 6.45) is 3.11. The summed E-state index contributed by atoms with van der Waals surface area (Å²) in [6.45, 7) is 0.796. The molecule has 1 amide bonds. The first-order valence-electron chi connectivity index (χ1n) is 9.87. The number of aromatic nitrogens is 2. The molecule has 0 fully saturated rings. The average molecular weight is 411 g/mol. The Balaban J connectivity index is 1.45. The maximum Gasteiger partial charge on any atom is 0.259 e. The summed E-state index contributed by atoms with van der Waals surface area (Å²) in [5, 5.41) is 2.88. The zero-order valence-electron chi connectivity index (χ0n) is 16.8. The van der Waals surface area contributed by atoms with E-state index in [0.717, 1.165) is 11.1 Å². The van der Waals surface area contributed by atoms with Crippen LogP contribution in [0.1, 0.15) is 21.5 Å². The average Bonchev–Trinajstić information content (AvgIpc) is 2.82. The van der Waals surface area contributed by atoms with Gasteiger partial charge in [-0.25, -0.2) is 4.98 Å². The van der Waals surface area contributed by atoms with Crippen LogP contribution >= 0.6 is 0 Å². The smallest absolute Gasteiger partial charge is 0.259 e. The van der Waals surface area contributed by atoms with Crippen molar-refractivity contribution in [3.05, 3.63) is 124 Å². The number of rotatable bonds is 7. The summed E-state index contributed by atoms with van der Waals surface area (Å²) in [6, 6.07) is 25.7. The van der Waals surface area contributed by atoms with Gasteiger partial charge in [0.1, 0.15) is 18.2 Å². The molecule has 2 aromatic carbocycles. The lowest BCUT2D eigenvalue weighted by molar-refractivity contribution is 0.0950. The van der Waals surface area contributed by atoms with Crippen molar-refractivity contribution in [2.24, 2.45) is 0 Å². The topological polar surface area (TPSA) is 73.2 Å². The molecule has 4 rings (SSSR count). The van der Waals surface area contributed by atoms with E-state index in [2.05, 4.69) is 10.3 Å². The standard InChI is InChI=1S/C25H21N3O3/c29-24-16-22(31-18-20-9-5-2-6-10-20)12-14-28(24)23-15-21(11-13-26-23)25(30)27-17-19-7-3-1-4-8-19/h1-16H,17-18H2,(H,27,30). The van der Waals surface area contributed by atoms with E-state index in [0.29, 0.717) is 30.3 Å². The molecule has 0 unspecified atom stereocenters. The largest absolute Gasteiger partial charge is 0.489 e. The first-order valence-corrected chi connectivity index (χ1v) is 9.87. The van der Waals surface area contributed by atoms with Gasteiger partial charge in [0.2, 0.25) is 0 Å². The number of nitrogens with one attached hydrogen (secondary N) is 1. The minimum absolute atomic E-state index is 0.233. The molecule has 6 nitrogen and oxygen atoms in total. The molecule has 0 aliphatic heterocycles. The number of carbonyl (C=O) groups is 1. The summed E-state index contributed by atoms with van der Waals surface area (Å²) < 4.78 is 7.08. The maximum atomic E-state index is 12.6. The van der Waals surface area contributed by atoms with Crippen molar-refractivity contribution in [1.29, 1.82) is 0 Å². The molecule has 1 N–H and O–H groups in total. The van der Waals surface area contributed by atoms with Crippen molar-refractivity contribution < 1.29 is 9.53 Å². The molecular weight excluding hydrogens is 390 g/mol. The number of hydrogen-bond donors (Lipinski definition) is 1. The van der Waals surface area contributed by atoms with Gasteiger partial charge in [0.25, 0.3) is 11.5 Å². The van der Waals surface area contributed by atoms with Crippen LogP contribution in [-0.4, -0.2) is 15.5 Å². The van der Waals surface area contributed by atoms with Crippen LogP contribution in [0.5, 0.6) is 5.75 Å². The van der Waals surface area contributed by atoms with Crippen molar-refractivity contribution in [1.82, 2.24) is 14.9 Å². The van der Waals surface area contributed by atoms with Crippen LogP contribution in [0.25, 0.3) is 5.82 Å². The molecule has 31 heavy (non-hydrogen) atoms. The van der Waals surface area contributed by atoms with E-state index >= 15 is 0 Å². The fourth-order valence-corrected chi connectivity index (χ4v) is 3.05. The Bertz CT molecular complexity index is 1220. The second-order valence-corrected chi connectivity index (χ2v) is 6.92. The summed E-state index contributed by atoms with van der Waals surface area (Å²) >= 11 is 0. The Morgan fingerprint density at radius 3 is 2.32 bits per heavy atom. The third-order valence-corrected chi connectivity index (χ3v) is 4.69. The number of hydrogen-bond acceptors (Lipinski definition) is 4. The molecule has 0 atom stereocenters. The Morgan fingerprint density at radius 2 is 1.61 bits per heavy atom. The third kappa shape index (κ3) is 5.25. The van der Waals surface area contributed by atoms with E-state index in [4.69, 9.17) is 4.74 Å². The molecule has 154 valence electrons. The highest BCUT2D eigenvalue weighted by Crippen LogP contribution is 2.12. The lowest BCUT2D eigenvalue weighted by Crippen LogP contribution is -2.24. The Labute approximate surface area is 179 Å². The van der Waals surface area contributed by atoms with Gasteiger partial charge in [-0.15, -0.1) is 0 Å². The SMILES string of the molecule is O=C(NCc1ccccc1)c1ccnc(-n2ccc(OCc3ccccc3)cc2=O)c1. The lowest BCUT2D eigenvalue weighted by Gasteiger charge is -2.10. The molecule has 0 aliphatic carbocycles. The second kappa shape index (κ2) is 9.54. The van der Waals surface area contributed by atoms with E-state index in [1.165, 1.54) is 16.8 Å². The molecule has 4 aromatic rings. The van der Waals surface area contributed by atoms with Crippen LogP contribution in [-0.2, 0) is 13.2 Å². The molecule has 0 bridgehead atoms. The molecule has 6 heteroatoms. The predicted octanol–water partition coefficient (Wildman–Crippen LogP) is 3.74. The normalized spacial score (nSPS) is 10.5. The van der Waals surface area contributed by atoms with Crippen molar-refractivity contribution >= 4 is 5.91 Å². The zero-order valence-corrected chi connectivity index (χ0v) is 16.8. The first-order chi connectivity index (χ1) is 15.2. The summed E-state index contributed by atoms with van der Waals surface area (Å²) in [7, 11) is 0. The van der Waals surface area contributed by atoms with Crippen LogP contribution < -0.4 is 15.6 Å². The van der Waals surface area contributed by atoms with Gasteiger partial charge in [0.15, 0.2) is 0 Å². The zero-order chi connectivity index (χ0) is 21.5. The predicted molar refractivity (Wildman–Crippen MR) is 118 cm³/mol. The number of benzene rings is 2. The minimum Gasteiger partial charge on any atom is -0.489 e. The van der Waals surface area contributed by atoms with Gasteiger partial charge in [-0.05, 0) is 29.3 Å². The summed E-state index contributed by atoms with van der Waals surface area (Å²) in [5.41, 5.74) is 2.16. The van der Waals surface area contributed by atoms with Crippen LogP contribution in [0.15, 0.2) is 102 Å². The maximum absolute atomic E-state index is 12.6. The van der Waals surface area contributed by atoms with E-state index in [1.54, 1.807) is 24.4 Å². The first kappa shape index (κ1) is 20.1. The van der Waals surface area contributed by atoms with Crippen molar-refractivity contribution in [3.8, 4) is 11.6 Å². The molecule has 2 heterocycles. The molecular formula is C25H21N3O3. The van der Waals surface area contributed by atoms with Crippen LogP contribution in [0.3, 0.4) is 0 Å². The van der Waals surface area contributed by atoms with Gasteiger partial charge >= 0.3 is 0 Å². The fourth-order valence-electron chi connectivity index (χ4n) is 3.05. The second-order valence-electron chi connectivity index (χ2n) is 6.92. The van der Waals surface area contributed by atoms with Gasteiger partial charge in [0.05, 0.1) is 0 Å². The highest BCUT2D eigenvalue weighted by molar-refractivity contribution is 5.94. The number of pyridine rings is 2.